The zero-order valence-corrected chi connectivity index (χ0v) is 15.7. The number of halogens is 1. The van der Waals surface area contributed by atoms with E-state index in [1.165, 1.54) is 5.56 Å². The van der Waals surface area contributed by atoms with E-state index in [0.29, 0.717) is 24.7 Å². The largest absolute Gasteiger partial charge is 0.492 e. The Morgan fingerprint density at radius 1 is 1.24 bits per heavy atom. The number of hydrogen-bond acceptors (Lipinski definition) is 3. The van der Waals surface area contributed by atoms with Crippen molar-refractivity contribution in [1.82, 2.24) is 10.2 Å². The molecule has 2 aromatic carbocycles. The molecule has 0 spiro atoms. The van der Waals surface area contributed by atoms with Crippen LogP contribution in [0.25, 0.3) is 0 Å². The highest BCUT2D eigenvalue weighted by Crippen LogP contribution is 2.17. The van der Waals surface area contributed by atoms with Crippen molar-refractivity contribution < 1.29 is 9.53 Å². The van der Waals surface area contributed by atoms with Crippen LogP contribution in [0.4, 0.5) is 0 Å². The number of aryl methyl sites for hydroxylation is 1. The van der Waals surface area contributed by atoms with E-state index in [0.717, 1.165) is 11.3 Å². The Bertz CT molecular complexity index is 688. The third kappa shape index (κ3) is 6.77. The molecule has 0 fully saturated rings. The smallest absolute Gasteiger partial charge is 0.234 e. The molecule has 25 heavy (non-hydrogen) atoms. The monoisotopic (exact) mass is 360 g/mol. The molecule has 0 radical (unpaired) electrons. The van der Waals surface area contributed by atoms with Crippen LogP contribution < -0.4 is 10.1 Å². The van der Waals surface area contributed by atoms with Crippen molar-refractivity contribution >= 4 is 17.5 Å². The van der Waals surface area contributed by atoms with E-state index >= 15 is 0 Å². The van der Waals surface area contributed by atoms with Crippen molar-refractivity contribution in [3.63, 3.8) is 0 Å². The first-order valence-electron chi connectivity index (χ1n) is 8.37. The first kappa shape index (κ1) is 19.3. The minimum absolute atomic E-state index is 0.0229. The van der Waals surface area contributed by atoms with E-state index in [1.807, 2.05) is 74.3 Å². The zero-order chi connectivity index (χ0) is 18.2. The number of ether oxygens (including phenoxy) is 1. The number of rotatable bonds is 8. The number of hydrogen-bond donors (Lipinski definition) is 1. The first-order valence-corrected chi connectivity index (χ1v) is 8.74. The SMILES string of the molecule is Cc1ccc(OCCN(C)CC(=O)NC(C)c2cccc(Cl)c2)cc1. The molecular weight excluding hydrogens is 336 g/mol. The first-order chi connectivity index (χ1) is 11.9. The van der Waals surface area contributed by atoms with Crippen molar-refractivity contribution in [2.75, 3.05) is 26.7 Å². The molecule has 0 bridgehead atoms. The van der Waals surface area contributed by atoms with Crippen LogP contribution >= 0.6 is 11.6 Å². The Balaban J connectivity index is 1.71. The maximum absolute atomic E-state index is 12.2. The molecule has 0 saturated heterocycles. The molecule has 0 aliphatic heterocycles. The van der Waals surface area contributed by atoms with Crippen LogP contribution in [0.2, 0.25) is 5.02 Å². The second-order valence-electron chi connectivity index (χ2n) is 6.24. The fourth-order valence-corrected chi connectivity index (χ4v) is 2.62. The Labute approximate surface area is 154 Å². The van der Waals surface area contributed by atoms with E-state index in [2.05, 4.69) is 5.32 Å². The van der Waals surface area contributed by atoms with Crippen molar-refractivity contribution in [2.45, 2.75) is 19.9 Å². The number of carbonyl (C=O) groups excluding carboxylic acids is 1. The van der Waals surface area contributed by atoms with Gasteiger partial charge < -0.3 is 10.1 Å². The van der Waals surface area contributed by atoms with E-state index < -0.39 is 0 Å². The van der Waals surface area contributed by atoms with Gasteiger partial charge >= 0.3 is 0 Å². The van der Waals surface area contributed by atoms with Crippen molar-refractivity contribution in [3.8, 4) is 5.75 Å². The van der Waals surface area contributed by atoms with Gasteiger partial charge in [-0.25, -0.2) is 0 Å². The summed E-state index contributed by atoms with van der Waals surface area (Å²) in [6.45, 7) is 5.52. The molecule has 0 aliphatic carbocycles. The molecule has 1 atom stereocenters. The number of likely N-dealkylation sites (N-methyl/N-ethyl adjacent to an activating group) is 1. The predicted octanol–water partition coefficient (Wildman–Crippen LogP) is 3.84. The molecule has 2 aromatic rings. The molecule has 4 nitrogen and oxygen atoms in total. The Hall–Kier alpha value is -2.04. The zero-order valence-electron chi connectivity index (χ0n) is 15.0. The van der Waals surface area contributed by atoms with E-state index in [4.69, 9.17) is 16.3 Å². The number of carbonyl (C=O) groups is 1. The Morgan fingerprint density at radius 2 is 1.96 bits per heavy atom. The summed E-state index contributed by atoms with van der Waals surface area (Å²) >= 11 is 5.99. The van der Waals surface area contributed by atoms with Gasteiger partial charge in [0.15, 0.2) is 0 Å². The third-order valence-electron chi connectivity index (χ3n) is 3.90. The molecule has 2 rings (SSSR count). The Morgan fingerprint density at radius 3 is 2.64 bits per heavy atom. The standard InChI is InChI=1S/C20H25ClN2O2/c1-15-7-9-19(10-8-15)25-12-11-23(3)14-20(24)22-16(2)17-5-4-6-18(21)13-17/h4-10,13,16H,11-12,14H2,1-3H3,(H,22,24). The molecule has 1 unspecified atom stereocenters. The van der Waals surface area contributed by atoms with Crippen molar-refractivity contribution in [1.29, 1.82) is 0 Å². The van der Waals surface area contributed by atoms with Crippen LogP contribution in [0.5, 0.6) is 5.75 Å². The summed E-state index contributed by atoms with van der Waals surface area (Å²) < 4.78 is 5.69. The van der Waals surface area contributed by atoms with E-state index in [9.17, 15) is 4.79 Å². The molecule has 134 valence electrons. The molecule has 0 aliphatic rings. The molecule has 0 aromatic heterocycles. The van der Waals surface area contributed by atoms with Crippen molar-refractivity contribution in [3.05, 3.63) is 64.7 Å². The van der Waals surface area contributed by atoms with Crippen LogP contribution in [0.3, 0.4) is 0 Å². The van der Waals surface area contributed by atoms with Gasteiger partial charge in [0.2, 0.25) is 5.91 Å². The van der Waals surface area contributed by atoms with Crippen LogP contribution in [0.15, 0.2) is 48.5 Å². The quantitative estimate of drug-likeness (QED) is 0.777. The highest BCUT2D eigenvalue weighted by molar-refractivity contribution is 6.30. The van der Waals surface area contributed by atoms with E-state index in [-0.39, 0.29) is 11.9 Å². The van der Waals surface area contributed by atoms with Gasteiger partial charge in [-0.3, -0.25) is 9.69 Å². The van der Waals surface area contributed by atoms with Crippen LogP contribution in [0.1, 0.15) is 24.1 Å². The summed E-state index contributed by atoms with van der Waals surface area (Å²) in [7, 11) is 1.90. The highest BCUT2D eigenvalue weighted by atomic mass is 35.5. The summed E-state index contributed by atoms with van der Waals surface area (Å²) in [6, 6.07) is 15.4. The van der Waals surface area contributed by atoms with Gasteiger partial charge in [-0.1, -0.05) is 41.4 Å². The molecule has 1 amide bonds. The summed E-state index contributed by atoms with van der Waals surface area (Å²) in [5.41, 5.74) is 2.20. The van der Waals surface area contributed by atoms with Gasteiger partial charge in [-0.2, -0.15) is 0 Å². The predicted molar refractivity (Wildman–Crippen MR) is 102 cm³/mol. The fraction of sp³-hybridized carbons (Fsp3) is 0.350. The van der Waals surface area contributed by atoms with Gasteiger partial charge in [0, 0.05) is 11.6 Å². The van der Waals surface area contributed by atoms with Crippen LogP contribution in [-0.4, -0.2) is 37.6 Å². The summed E-state index contributed by atoms with van der Waals surface area (Å²) in [5, 5.41) is 3.66. The van der Waals surface area contributed by atoms with Gasteiger partial charge in [-0.15, -0.1) is 0 Å². The number of benzene rings is 2. The third-order valence-corrected chi connectivity index (χ3v) is 4.14. The average Bonchev–Trinajstić information content (AvgIpc) is 2.56. The second-order valence-corrected chi connectivity index (χ2v) is 6.68. The minimum atomic E-state index is -0.0802. The lowest BCUT2D eigenvalue weighted by molar-refractivity contribution is -0.122. The Kier molecular flexibility index (Phi) is 7.29. The fourth-order valence-electron chi connectivity index (χ4n) is 2.42. The average molecular weight is 361 g/mol. The van der Waals surface area contributed by atoms with Crippen molar-refractivity contribution in [2.24, 2.45) is 0 Å². The molecule has 0 saturated carbocycles. The summed E-state index contributed by atoms with van der Waals surface area (Å²) in [5.74, 6) is 0.823. The van der Waals surface area contributed by atoms with Gasteiger partial charge in [0.25, 0.3) is 0 Å². The number of nitrogens with zero attached hydrogens (tertiary/aromatic N) is 1. The van der Waals surface area contributed by atoms with E-state index in [1.54, 1.807) is 0 Å². The van der Waals surface area contributed by atoms with Gasteiger partial charge in [0.1, 0.15) is 12.4 Å². The highest BCUT2D eigenvalue weighted by Gasteiger charge is 2.12. The topological polar surface area (TPSA) is 41.6 Å². The lowest BCUT2D eigenvalue weighted by Gasteiger charge is -2.19. The maximum Gasteiger partial charge on any atom is 0.234 e. The normalized spacial score (nSPS) is 12.0. The summed E-state index contributed by atoms with van der Waals surface area (Å²) in [6.07, 6.45) is 0. The molecule has 1 N–H and O–H groups in total. The summed E-state index contributed by atoms with van der Waals surface area (Å²) in [4.78, 5) is 14.1. The van der Waals surface area contributed by atoms with Gasteiger partial charge in [0.05, 0.1) is 12.6 Å². The minimum Gasteiger partial charge on any atom is -0.492 e. The second kappa shape index (κ2) is 9.44. The lowest BCUT2D eigenvalue weighted by Crippen LogP contribution is -2.38. The molecule has 5 heteroatoms. The maximum atomic E-state index is 12.2. The molecule has 0 heterocycles. The lowest BCUT2D eigenvalue weighted by atomic mass is 10.1. The van der Waals surface area contributed by atoms with Gasteiger partial charge in [-0.05, 0) is 50.7 Å². The number of amides is 1. The van der Waals surface area contributed by atoms with Crippen LogP contribution in [0, 0.1) is 6.92 Å². The van der Waals surface area contributed by atoms with Crippen LogP contribution in [-0.2, 0) is 4.79 Å². The molecular formula is C20H25ClN2O2. The number of nitrogens with one attached hydrogen (secondary N) is 1.